The molecule has 2 aliphatic rings. The molecule has 0 atom stereocenters. The maximum absolute atomic E-state index is 12.4. The monoisotopic (exact) mass is 279 g/mol. The van der Waals surface area contributed by atoms with Crippen molar-refractivity contribution in [1.82, 2.24) is 9.80 Å². The number of thiophene rings is 1. The van der Waals surface area contributed by atoms with E-state index in [1.54, 1.807) is 10.8 Å². The highest BCUT2D eigenvalue weighted by Crippen LogP contribution is 2.28. The number of carbonyl (C=O) groups excluding carboxylic acids is 2. The standard InChI is InChI=1S/C13H17N3O2S/c14-12(17)10-7-19-8-11(10)13(18)16-5-3-15(4-6-16)9-1-2-9/h7-9H,1-6H2,(H2,14,17). The Bertz CT molecular complexity index is 502. The van der Waals surface area contributed by atoms with Crippen LogP contribution >= 0.6 is 11.3 Å². The average Bonchev–Trinajstić information content (AvgIpc) is 3.14. The highest BCUT2D eigenvalue weighted by molar-refractivity contribution is 7.08. The highest BCUT2D eigenvalue weighted by atomic mass is 32.1. The van der Waals surface area contributed by atoms with E-state index in [-0.39, 0.29) is 5.91 Å². The summed E-state index contributed by atoms with van der Waals surface area (Å²) in [6.07, 6.45) is 2.59. The number of nitrogens with zero attached hydrogens (tertiary/aromatic N) is 2. The van der Waals surface area contributed by atoms with Crippen molar-refractivity contribution in [2.45, 2.75) is 18.9 Å². The molecule has 2 N–H and O–H groups in total. The summed E-state index contributed by atoms with van der Waals surface area (Å²) >= 11 is 1.34. The van der Waals surface area contributed by atoms with Crippen molar-refractivity contribution in [1.29, 1.82) is 0 Å². The first-order valence-corrected chi connectivity index (χ1v) is 7.50. The molecule has 19 heavy (non-hydrogen) atoms. The lowest BCUT2D eigenvalue weighted by Crippen LogP contribution is -2.49. The molecule has 0 radical (unpaired) electrons. The zero-order valence-corrected chi connectivity index (χ0v) is 11.5. The van der Waals surface area contributed by atoms with Crippen molar-refractivity contribution in [2.24, 2.45) is 5.73 Å². The van der Waals surface area contributed by atoms with E-state index in [1.165, 1.54) is 24.2 Å². The van der Waals surface area contributed by atoms with Gasteiger partial charge in [-0.3, -0.25) is 14.5 Å². The van der Waals surface area contributed by atoms with Gasteiger partial charge in [-0.2, -0.15) is 11.3 Å². The molecule has 5 nitrogen and oxygen atoms in total. The third-order valence-electron chi connectivity index (χ3n) is 3.82. The molecule has 0 aromatic carbocycles. The summed E-state index contributed by atoms with van der Waals surface area (Å²) in [5, 5.41) is 3.37. The van der Waals surface area contributed by atoms with Crippen molar-refractivity contribution in [3.63, 3.8) is 0 Å². The largest absolute Gasteiger partial charge is 0.366 e. The zero-order valence-electron chi connectivity index (χ0n) is 10.7. The van der Waals surface area contributed by atoms with E-state index in [9.17, 15) is 9.59 Å². The molecule has 102 valence electrons. The molecule has 2 amide bonds. The molecule has 2 heterocycles. The van der Waals surface area contributed by atoms with Gasteiger partial charge in [0, 0.05) is 43.0 Å². The fourth-order valence-electron chi connectivity index (χ4n) is 2.55. The Morgan fingerprint density at radius 2 is 1.74 bits per heavy atom. The first-order chi connectivity index (χ1) is 9.16. The molecule has 0 unspecified atom stereocenters. The predicted molar refractivity (Wildman–Crippen MR) is 73.3 cm³/mol. The van der Waals surface area contributed by atoms with Crippen LogP contribution in [0.3, 0.4) is 0 Å². The van der Waals surface area contributed by atoms with E-state index in [1.807, 2.05) is 4.90 Å². The first kappa shape index (κ1) is 12.6. The lowest BCUT2D eigenvalue weighted by Gasteiger charge is -2.34. The smallest absolute Gasteiger partial charge is 0.255 e. The molecule has 1 aliphatic carbocycles. The quantitative estimate of drug-likeness (QED) is 0.888. The summed E-state index contributed by atoms with van der Waals surface area (Å²) in [7, 11) is 0. The van der Waals surface area contributed by atoms with Crippen LogP contribution in [0.15, 0.2) is 10.8 Å². The summed E-state index contributed by atoms with van der Waals surface area (Å²) < 4.78 is 0. The molecule has 3 rings (SSSR count). The van der Waals surface area contributed by atoms with Crippen LogP contribution in [-0.4, -0.2) is 53.8 Å². The topological polar surface area (TPSA) is 66.6 Å². The zero-order chi connectivity index (χ0) is 13.4. The van der Waals surface area contributed by atoms with Crippen LogP contribution in [0.5, 0.6) is 0 Å². The average molecular weight is 279 g/mol. The first-order valence-electron chi connectivity index (χ1n) is 6.56. The third-order valence-corrected chi connectivity index (χ3v) is 4.57. The minimum atomic E-state index is -0.527. The van der Waals surface area contributed by atoms with Gasteiger partial charge in [0.25, 0.3) is 5.91 Å². The van der Waals surface area contributed by atoms with E-state index in [0.29, 0.717) is 11.1 Å². The van der Waals surface area contributed by atoms with Crippen LogP contribution in [0, 0.1) is 0 Å². The van der Waals surface area contributed by atoms with E-state index in [4.69, 9.17) is 5.73 Å². The van der Waals surface area contributed by atoms with E-state index >= 15 is 0 Å². The van der Waals surface area contributed by atoms with Crippen LogP contribution in [-0.2, 0) is 0 Å². The Hall–Kier alpha value is -1.40. The molecule has 1 saturated heterocycles. The van der Waals surface area contributed by atoms with Crippen molar-refractivity contribution >= 4 is 23.2 Å². The molecule has 0 spiro atoms. The third kappa shape index (κ3) is 2.50. The number of rotatable bonds is 3. The van der Waals surface area contributed by atoms with Crippen LogP contribution in [0.25, 0.3) is 0 Å². The second-order valence-electron chi connectivity index (χ2n) is 5.12. The summed E-state index contributed by atoms with van der Waals surface area (Å²) in [5.41, 5.74) is 6.09. The van der Waals surface area contributed by atoms with E-state index in [0.717, 1.165) is 32.2 Å². The molecule has 1 aromatic rings. The number of hydrogen-bond acceptors (Lipinski definition) is 4. The number of nitrogens with two attached hydrogens (primary N) is 1. The second kappa shape index (κ2) is 4.94. The van der Waals surface area contributed by atoms with Crippen molar-refractivity contribution in [3.8, 4) is 0 Å². The number of carbonyl (C=O) groups is 2. The lowest BCUT2D eigenvalue weighted by molar-refractivity contribution is 0.0624. The van der Waals surface area contributed by atoms with E-state index < -0.39 is 5.91 Å². The van der Waals surface area contributed by atoms with Gasteiger partial charge in [-0.15, -0.1) is 0 Å². The van der Waals surface area contributed by atoms with Gasteiger partial charge < -0.3 is 10.6 Å². The van der Waals surface area contributed by atoms with Gasteiger partial charge in [-0.05, 0) is 12.8 Å². The Morgan fingerprint density at radius 1 is 1.11 bits per heavy atom. The fourth-order valence-corrected chi connectivity index (χ4v) is 3.36. The van der Waals surface area contributed by atoms with Crippen LogP contribution in [0.2, 0.25) is 0 Å². The van der Waals surface area contributed by atoms with E-state index in [2.05, 4.69) is 4.90 Å². The second-order valence-corrected chi connectivity index (χ2v) is 5.87. The molecular weight excluding hydrogens is 262 g/mol. The van der Waals surface area contributed by atoms with Crippen LogP contribution in [0.4, 0.5) is 0 Å². The van der Waals surface area contributed by atoms with Gasteiger partial charge in [0.15, 0.2) is 0 Å². The van der Waals surface area contributed by atoms with Gasteiger partial charge in [0.1, 0.15) is 0 Å². The van der Waals surface area contributed by atoms with Crippen molar-refractivity contribution in [2.75, 3.05) is 26.2 Å². The molecule has 1 saturated carbocycles. The maximum Gasteiger partial charge on any atom is 0.255 e. The van der Waals surface area contributed by atoms with Crippen LogP contribution in [0.1, 0.15) is 33.6 Å². The molecule has 2 fully saturated rings. The van der Waals surface area contributed by atoms with Gasteiger partial charge in [0.05, 0.1) is 11.1 Å². The van der Waals surface area contributed by atoms with Crippen LogP contribution < -0.4 is 5.73 Å². The molecule has 1 aromatic heterocycles. The molecule has 6 heteroatoms. The van der Waals surface area contributed by atoms with Gasteiger partial charge in [-0.1, -0.05) is 0 Å². The molecule has 1 aliphatic heterocycles. The summed E-state index contributed by atoms with van der Waals surface area (Å²) in [6.45, 7) is 3.35. The number of primary amides is 1. The summed E-state index contributed by atoms with van der Waals surface area (Å²) in [5.74, 6) is -0.591. The van der Waals surface area contributed by atoms with Gasteiger partial charge >= 0.3 is 0 Å². The van der Waals surface area contributed by atoms with Gasteiger partial charge in [0.2, 0.25) is 5.91 Å². The maximum atomic E-state index is 12.4. The Kier molecular flexibility index (Phi) is 3.28. The number of piperazine rings is 1. The molecular formula is C13H17N3O2S. The highest BCUT2D eigenvalue weighted by Gasteiger charge is 2.33. The lowest BCUT2D eigenvalue weighted by atomic mass is 10.1. The summed E-state index contributed by atoms with van der Waals surface area (Å²) in [6, 6.07) is 0.750. The fraction of sp³-hybridized carbons (Fsp3) is 0.538. The van der Waals surface area contributed by atoms with Gasteiger partial charge in [-0.25, -0.2) is 0 Å². The van der Waals surface area contributed by atoms with Crippen molar-refractivity contribution in [3.05, 3.63) is 21.9 Å². The predicted octanol–water partition coefficient (Wildman–Crippen LogP) is 0.767. The number of hydrogen-bond donors (Lipinski definition) is 1. The molecule has 0 bridgehead atoms. The minimum Gasteiger partial charge on any atom is -0.366 e. The SMILES string of the molecule is NC(=O)c1cscc1C(=O)N1CCN(C2CC2)CC1. The Balaban J connectivity index is 1.67. The van der Waals surface area contributed by atoms with Crippen molar-refractivity contribution < 1.29 is 9.59 Å². The normalized spacial score (nSPS) is 20.5. The Morgan fingerprint density at radius 3 is 2.32 bits per heavy atom. The number of amides is 2. The Labute approximate surface area is 116 Å². The minimum absolute atomic E-state index is 0.0644. The summed E-state index contributed by atoms with van der Waals surface area (Å²) in [4.78, 5) is 27.9.